The van der Waals surface area contributed by atoms with Gasteiger partial charge in [-0.05, 0) is 18.6 Å². The number of rotatable bonds is 2. The first-order valence-electron chi connectivity index (χ1n) is 6.00. The summed E-state index contributed by atoms with van der Waals surface area (Å²) < 4.78 is 5.44. The van der Waals surface area contributed by atoms with Gasteiger partial charge in [0.25, 0.3) is 0 Å². The van der Waals surface area contributed by atoms with Crippen molar-refractivity contribution in [3.05, 3.63) is 0 Å². The van der Waals surface area contributed by atoms with Gasteiger partial charge in [0.2, 0.25) is 5.91 Å². The van der Waals surface area contributed by atoms with E-state index in [2.05, 4.69) is 0 Å². The van der Waals surface area contributed by atoms with Crippen LogP contribution in [0.15, 0.2) is 0 Å². The van der Waals surface area contributed by atoms with E-state index in [4.69, 9.17) is 22.7 Å². The number of thioether (sulfide) groups is 1. The Morgan fingerprint density at radius 3 is 2.94 bits per heavy atom. The summed E-state index contributed by atoms with van der Waals surface area (Å²) in [7, 11) is 0. The van der Waals surface area contributed by atoms with Crippen molar-refractivity contribution in [3.63, 3.8) is 0 Å². The molecule has 1 amide bonds. The summed E-state index contributed by atoms with van der Waals surface area (Å²) in [5, 5.41) is 0.133. The highest BCUT2D eigenvalue weighted by Gasteiger charge is 2.31. The van der Waals surface area contributed by atoms with Gasteiger partial charge in [-0.1, -0.05) is 18.6 Å². The van der Waals surface area contributed by atoms with E-state index in [-0.39, 0.29) is 17.3 Å². The lowest BCUT2D eigenvalue weighted by molar-refractivity contribution is -0.136. The number of morpholine rings is 1. The van der Waals surface area contributed by atoms with Crippen LogP contribution < -0.4 is 5.73 Å². The molecule has 0 radical (unpaired) electrons. The normalized spacial score (nSPS) is 30.0. The maximum Gasteiger partial charge on any atom is 0.235 e. The van der Waals surface area contributed by atoms with Crippen molar-refractivity contribution >= 4 is 34.9 Å². The van der Waals surface area contributed by atoms with Gasteiger partial charge in [-0.2, -0.15) is 0 Å². The van der Waals surface area contributed by atoms with Crippen LogP contribution >= 0.6 is 24.0 Å². The zero-order valence-electron chi connectivity index (χ0n) is 9.76. The number of hydrogen-bond donors (Lipinski definition) is 1. The fraction of sp³-hybridized carbons (Fsp3) is 0.818. The third kappa shape index (κ3) is 3.33. The Hall–Kier alpha value is -0.330. The number of nitrogens with zero attached hydrogens (tertiary/aromatic N) is 1. The molecule has 2 aliphatic rings. The van der Waals surface area contributed by atoms with Crippen LogP contribution in [0, 0.1) is 0 Å². The SMILES string of the molecule is NC(=S)C1CN(C(=O)C2CCCCS2)CCO1. The largest absolute Gasteiger partial charge is 0.391 e. The second kappa shape index (κ2) is 6.02. The highest BCUT2D eigenvalue weighted by molar-refractivity contribution is 8.00. The minimum absolute atomic E-state index is 0.133. The van der Waals surface area contributed by atoms with Crippen molar-refractivity contribution in [2.45, 2.75) is 30.6 Å². The van der Waals surface area contributed by atoms with E-state index in [9.17, 15) is 4.79 Å². The Labute approximate surface area is 111 Å². The second-order valence-electron chi connectivity index (χ2n) is 4.40. The van der Waals surface area contributed by atoms with Crippen LogP contribution in [0.4, 0.5) is 0 Å². The molecule has 2 fully saturated rings. The average Bonchev–Trinajstić information content (AvgIpc) is 2.39. The van der Waals surface area contributed by atoms with Crippen LogP contribution in [0.2, 0.25) is 0 Å². The molecule has 0 saturated carbocycles. The maximum atomic E-state index is 12.3. The molecule has 6 heteroatoms. The number of carbonyl (C=O) groups is 1. The second-order valence-corrected chi connectivity index (χ2v) is 6.18. The molecule has 0 aliphatic carbocycles. The molecule has 17 heavy (non-hydrogen) atoms. The van der Waals surface area contributed by atoms with Gasteiger partial charge in [0.15, 0.2) is 0 Å². The number of nitrogens with two attached hydrogens (primary N) is 1. The molecule has 0 aromatic carbocycles. The van der Waals surface area contributed by atoms with Crippen molar-refractivity contribution in [3.8, 4) is 0 Å². The third-order valence-electron chi connectivity index (χ3n) is 3.15. The van der Waals surface area contributed by atoms with Crippen LogP contribution in [0.1, 0.15) is 19.3 Å². The molecule has 2 N–H and O–H groups in total. The third-order valence-corrected chi connectivity index (χ3v) is 4.78. The van der Waals surface area contributed by atoms with Crippen LogP contribution in [-0.2, 0) is 9.53 Å². The Bertz CT molecular complexity index is 306. The highest BCUT2D eigenvalue weighted by Crippen LogP contribution is 2.27. The molecule has 4 nitrogen and oxygen atoms in total. The van der Waals surface area contributed by atoms with Crippen molar-refractivity contribution in [2.75, 3.05) is 25.4 Å². The first-order valence-corrected chi connectivity index (χ1v) is 7.45. The zero-order valence-corrected chi connectivity index (χ0v) is 11.4. The zero-order chi connectivity index (χ0) is 12.3. The summed E-state index contributed by atoms with van der Waals surface area (Å²) in [5.41, 5.74) is 5.57. The molecule has 2 unspecified atom stereocenters. The van der Waals surface area contributed by atoms with Gasteiger partial charge in [-0.15, -0.1) is 11.8 Å². The predicted molar refractivity (Wildman–Crippen MR) is 73.2 cm³/mol. The molecule has 0 aromatic rings. The average molecular weight is 274 g/mol. The number of hydrogen-bond acceptors (Lipinski definition) is 4. The minimum atomic E-state index is -0.267. The summed E-state index contributed by atoms with van der Waals surface area (Å²) in [6.07, 6.45) is 3.12. The molecule has 2 heterocycles. The molecule has 0 bridgehead atoms. The number of thiocarbonyl (C=S) groups is 1. The molecular formula is C11H18N2O2S2. The van der Waals surface area contributed by atoms with Crippen LogP contribution in [-0.4, -0.2) is 52.6 Å². The molecule has 2 aliphatic heterocycles. The van der Waals surface area contributed by atoms with Gasteiger partial charge in [-0.25, -0.2) is 0 Å². The van der Waals surface area contributed by atoms with Gasteiger partial charge in [0.1, 0.15) is 11.1 Å². The molecular weight excluding hydrogens is 256 g/mol. The molecule has 2 atom stereocenters. The van der Waals surface area contributed by atoms with E-state index in [0.29, 0.717) is 24.7 Å². The van der Waals surface area contributed by atoms with Crippen LogP contribution in [0.5, 0.6) is 0 Å². The highest BCUT2D eigenvalue weighted by atomic mass is 32.2. The van der Waals surface area contributed by atoms with Gasteiger partial charge in [0, 0.05) is 6.54 Å². The maximum absolute atomic E-state index is 12.3. The fourth-order valence-corrected chi connectivity index (χ4v) is 3.58. The monoisotopic (exact) mass is 274 g/mol. The Morgan fingerprint density at radius 1 is 1.47 bits per heavy atom. The Morgan fingerprint density at radius 2 is 2.29 bits per heavy atom. The van der Waals surface area contributed by atoms with E-state index in [0.717, 1.165) is 18.6 Å². The van der Waals surface area contributed by atoms with E-state index >= 15 is 0 Å². The smallest absolute Gasteiger partial charge is 0.235 e. The summed E-state index contributed by atoms with van der Waals surface area (Å²) in [4.78, 5) is 14.5. The van der Waals surface area contributed by atoms with E-state index < -0.39 is 0 Å². The molecule has 96 valence electrons. The molecule has 2 saturated heterocycles. The van der Waals surface area contributed by atoms with Gasteiger partial charge >= 0.3 is 0 Å². The lowest BCUT2D eigenvalue weighted by Gasteiger charge is -2.35. The first-order chi connectivity index (χ1) is 8.18. The predicted octanol–water partition coefficient (Wildman–Crippen LogP) is 0.786. The molecule has 0 aromatic heterocycles. The lowest BCUT2D eigenvalue weighted by Crippen LogP contribution is -2.52. The van der Waals surface area contributed by atoms with Crippen molar-refractivity contribution in [2.24, 2.45) is 5.73 Å². The Kier molecular flexibility index (Phi) is 4.64. The summed E-state index contributed by atoms with van der Waals surface area (Å²) in [6.45, 7) is 1.71. The van der Waals surface area contributed by atoms with E-state index in [1.165, 1.54) is 6.42 Å². The summed E-state index contributed by atoms with van der Waals surface area (Å²) in [5.74, 6) is 1.33. The summed E-state index contributed by atoms with van der Waals surface area (Å²) in [6, 6.07) is 0. The fourth-order valence-electron chi connectivity index (χ4n) is 2.16. The summed E-state index contributed by atoms with van der Waals surface area (Å²) >= 11 is 6.70. The standard InChI is InChI=1S/C11H18N2O2S2/c12-10(16)8-7-13(4-5-15-8)11(14)9-3-1-2-6-17-9/h8-9H,1-7H2,(H2,12,16). The van der Waals surface area contributed by atoms with Gasteiger partial charge < -0.3 is 15.4 Å². The molecule has 0 spiro atoms. The quantitative estimate of drug-likeness (QED) is 0.754. The van der Waals surface area contributed by atoms with Crippen LogP contribution in [0.3, 0.4) is 0 Å². The van der Waals surface area contributed by atoms with Crippen LogP contribution in [0.25, 0.3) is 0 Å². The lowest BCUT2D eigenvalue weighted by atomic mass is 10.1. The van der Waals surface area contributed by atoms with E-state index in [1.54, 1.807) is 11.8 Å². The van der Waals surface area contributed by atoms with E-state index in [1.807, 2.05) is 4.90 Å². The number of ether oxygens (including phenoxy) is 1. The first kappa shape index (κ1) is 13.1. The number of amides is 1. The van der Waals surface area contributed by atoms with Gasteiger partial charge in [0.05, 0.1) is 18.4 Å². The van der Waals surface area contributed by atoms with Gasteiger partial charge in [-0.3, -0.25) is 4.79 Å². The van der Waals surface area contributed by atoms with Crippen molar-refractivity contribution in [1.82, 2.24) is 4.90 Å². The number of carbonyl (C=O) groups excluding carboxylic acids is 1. The minimum Gasteiger partial charge on any atom is -0.391 e. The van der Waals surface area contributed by atoms with Crippen molar-refractivity contribution in [1.29, 1.82) is 0 Å². The van der Waals surface area contributed by atoms with Crippen molar-refractivity contribution < 1.29 is 9.53 Å². The molecule has 2 rings (SSSR count). The topological polar surface area (TPSA) is 55.6 Å². The Balaban J connectivity index is 1.91.